The molecule has 0 radical (unpaired) electrons. The van der Waals surface area contributed by atoms with Gasteiger partial charge >= 0.3 is 5.97 Å². The molecule has 0 saturated carbocycles. The summed E-state index contributed by atoms with van der Waals surface area (Å²) in [6, 6.07) is 0.198. The van der Waals surface area contributed by atoms with Gasteiger partial charge in [-0.05, 0) is 18.9 Å². The Morgan fingerprint density at radius 1 is 1.67 bits per heavy atom. The summed E-state index contributed by atoms with van der Waals surface area (Å²) in [5.41, 5.74) is 1.39. The third-order valence-electron chi connectivity index (χ3n) is 2.76. The number of amides is 1. The van der Waals surface area contributed by atoms with E-state index in [0.29, 0.717) is 12.1 Å². The molecular formula is C11H13NO3. The van der Waals surface area contributed by atoms with Crippen molar-refractivity contribution in [3.05, 3.63) is 23.9 Å². The molecular weight excluding hydrogens is 194 g/mol. The van der Waals surface area contributed by atoms with Crippen LogP contribution in [0.3, 0.4) is 0 Å². The minimum absolute atomic E-state index is 0.0161. The fourth-order valence-electron chi connectivity index (χ4n) is 2.08. The SMILES string of the molecule is C=CCOC(=O)C1=C(C)CC2CC(=O)N12. The van der Waals surface area contributed by atoms with Crippen LogP contribution in [0.25, 0.3) is 0 Å². The van der Waals surface area contributed by atoms with Crippen molar-refractivity contribution in [1.82, 2.24) is 4.90 Å². The van der Waals surface area contributed by atoms with E-state index < -0.39 is 5.97 Å². The summed E-state index contributed by atoms with van der Waals surface area (Å²) in [6.45, 7) is 5.52. The van der Waals surface area contributed by atoms with Gasteiger partial charge in [0.1, 0.15) is 12.3 Å². The van der Waals surface area contributed by atoms with Gasteiger partial charge in [0.25, 0.3) is 0 Å². The van der Waals surface area contributed by atoms with E-state index in [1.165, 1.54) is 6.08 Å². The summed E-state index contributed by atoms with van der Waals surface area (Å²) in [4.78, 5) is 24.5. The highest BCUT2D eigenvalue weighted by atomic mass is 16.5. The van der Waals surface area contributed by atoms with Crippen LogP contribution in [0.2, 0.25) is 0 Å². The number of fused-ring (bicyclic) bond motifs is 1. The largest absolute Gasteiger partial charge is 0.457 e. The summed E-state index contributed by atoms with van der Waals surface area (Å²) in [6.07, 6.45) is 2.86. The van der Waals surface area contributed by atoms with Gasteiger partial charge in [0, 0.05) is 12.5 Å². The summed E-state index contributed by atoms with van der Waals surface area (Å²) >= 11 is 0. The molecule has 2 aliphatic heterocycles. The van der Waals surface area contributed by atoms with Crippen LogP contribution in [0.4, 0.5) is 0 Å². The van der Waals surface area contributed by atoms with Gasteiger partial charge in [0.15, 0.2) is 0 Å². The molecule has 1 saturated heterocycles. The van der Waals surface area contributed by atoms with E-state index in [1.54, 1.807) is 4.90 Å². The van der Waals surface area contributed by atoms with E-state index >= 15 is 0 Å². The van der Waals surface area contributed by atoms with Crippen molar-refractivity contribution in [3.8, 4) is 0 Å². The molecule has 4 nitrogen and oxygen atoms in total. The predicted molar refractivity (Wildman–Crippen MR) is 53.7 cm³/mol. The molecule has 2 heterocycles. The Labute approximate surface area is 88.2 Å². The Bertz CT molecular complexity index is 370. The quantitative estimate of drug-likeness (QED) is 0.394. The van der Waals surface area contributed by atoms with E-state index in [1.807, 2.05) is 6.92 Å². The number of ether oxygens (including phenoxy) is 1. The molecule has 2 rings (SSSR count). The number of carbonyl (C=O) groups excluding carboxylic acids is 2. The highest BCUT2D eigenvalue weighted by Crippen LogP contribution is 2.38. The second kappa shape index (κ2) is 3.53. The normalized spacial score (nSPS) is 23.7. The van der Waals surface area contributed by atoms with Crippen molar-refractivity contribution in [2.75, 3.05) is 6.61 Å². The average molecular weight is 207 g/mol. The molecule has 0 aromatic carbocycles. The molecule has 0 N–H and O–H groups in total. The van der Waals surface area contributed by atoms with E-state index in [4.69, 9.17) is 4.74 Å². The predicted octanol–water partition coefficient (Wildman–Crippen LogP) is 0.994. The van der Waals surface area contributed by atoms with Gasteiger partial charge in [-0.3, -0.25) is 4.79 Å². The lowest BCUT2D eigenvalue weighted by Gasteiger charge is -2.35. The van der Waals surface area contributed by atoms with Crippen LogP contribution in [-0.4, -0.2) is 29.4 Å². The Morgan fingerprint density at radius 3 is 3.00 bits per heavy atom. The van der Waals surface area contributed by atoms with Crippen LogP contribution in [0, 0.1) is 0 Å². The van der Waals surface area contributed by atoms with Gasteiger partial charge < -0.3 is 9.64 Å². The van der Waals surface area contributed by atoms with E-state index in [-0.39, 0.29) is 18.6 Å². The van der Waals surface area contributed by atoms with Gasteiger partial charge in [-0.25, -0.2) is 4.79 Å². The maximum absolute atomic E-state index is 11.6. The van der Waals surface area contributed by atoms with Crippen molar-refractivity contribution in [3.63, 3.8) is 0 Å². The van der Waals surface area contributed by atoms with E-state index in [9.17, 15) is 9.59 Å². The summed E-state index contributed by atoms with van der Waals surface area (Å²) < 4.78 is 4.94. The first-order valence-corrected chi connectivity index (χ1v) is 4.95. The Balaban J connectivity index is 2.13. The third-order valence-corrected chi connectivity index (χ3v) is 2.76. The maximum atomic E-state index is 11.6. The number of hydrogen-bond donors (Lipinski definition) is 0. The fourth-order valence-corrected chi connectivity index (χ4v) is 2.08. The zero-order valence-electron chi connectivity index (χ0n) is 8.66. The summed E-state index contributed by atoms with van der Waals surface area (Å²) in [5.74, 6) is -0.398. The van der Waals surface area contributed by atoms with Gasteiger partial charge in [-0.15, -0.1) is 0 Å². The Hall–Kier alpha value is -1.58. The van der Waals surface area contributed by atoms with Crippen molar-refractivity contribution >= 4 is 11.9 Å². The fraction of sp³-hybridized carbons (Fsp3) is 0.455. The first kappa shape index (κ1) is 9.96. The Morgan fingerprint density at radius 2 is 2.40 bits per heavy atom. The molecule has 1 amide bonds. The lowest BCUT2D eigenvalue weighted by Crippen LogP contribution is -2.49. The van der Waals surface area contributed by atoms with Crippen molar-refractivity contribution in [2.45, 2.75) is 25.8 Å². The third kappa shape index (κ3) is 1.46. The first-order chi connectivity index (χ1) is 7.15. The van der Waals surface area contributed by atoms with Crippen LogP contribution in [0.5, 0.6) is 0 Å². The van der Waals surface area contributed by atoms with Crippen LogP contribution < -0.4 is 0 Å². The maximum Gasteiger partial charge on any atom is 0.355 e. The van der Waals surface area contributed by atoms with Crippen molar-refractivity contribution in [2.24, 2.45) is 0 Å². The molecule has 1 unspecified atom stereocenters. The Kier molecular flexibility index (Phi) is 2.34. The lowest BCUT2D eigenvalue weighted by molar-refractivity contribution is -0.149. The summed E-state index contributed by atoms with van der Waals surface area (Å²) in [5, 5.41) is 0. The first-order valence-electron chi connectivity index (χ1n) is 4.95. The van der Waals surface area contributed by atoms with Gasteiger partial charge in [0.2, 0.25) is 5.91 Å². The lowest BCUT2D eigenvalue weighted by atomic mass is 10.0. The smallest absolute Gasteiger partial charge is 0.355 e. The highest BCUT2D eigenvalue weighted by molar-refractivity contribution is 5.99. The molecule has 0 aromatic heterocycles. The molecule has 2 aliphatic rings. The minimum atomic E-state index is -0.414. The number of hydrogen-bond acceptors (Lipinski definition) is 3. The van der Waals surface area contributed by atoms with Gasteiger partial charge in [-0.1, -0.05) is 12.7 Å². The molecule has 0 aliphatic carbocycles. The molecule has 0 bridgehead atoms. The van der Waals surface area contributed by atoms with E-state index in [2.05, 4.69) is 6.58 Å². The number of β-lactam (4-membered cyclic amide) rings is 1. The molecule has 0 spiro atoms. The second-order valence-corrected chi connectivity index (χ2v) is 3.84. The topological polar surface area (TPSA) is 46.6 Å². The molecule has 15 heavy (non-hydrogen) atoms. The average Bonchev–Trinajstić information content (AvgIpc) is 2.46. The zero-order valence-corrected chi connectivity index (χ0v) is 8.66. The van der Waals surface area contributed by atoms with Gasteiger partial charge in [-0.2, -0.15) is 0 Å². The standard InChI is InChI=1S/C11H13NO3/c1-3-4-15-11(14)10-7(2)5-8-6-9(13)12(8)10/h3,8H,1,4-6H2,2H3. The number of rotatable bonds is 3. The monoisotopic (exact) mass is 207 g/mol. The second-order valence-electron chi connectivity index (χ2n) is 3.84. The van der Waals surface area contributed by atoms with Crippen LogP contribution in [0.1, 0.15) is 19.8 Å². The van der Waals surface area contributed by atoms with Gasteiger partial charge in [0.05, 0.1) is 0 Å². The number of esters is 1. The number of carbonyl (C=O) groups is 2. The molecule has 0 aromatic rings. The van der Waals surface area contributed by atoms with Crippen LogP contribution >= 0.6 is 0 Å². The van der Waals surface area contributed by atoms with Crippen LogP contribution in [0.15, 0.2) is 23.9 Å². The van der Waals surface area contributed by atoms with Crippen molar-refractivity contribution in [1.29, 1.82) is 0 Å². The zero-order chi connectivity index (χ0) is 11.0. The molecule has 1 atom stereocenters. The number of nitrogens with zero attached hydrogens (tertiary/aromatic N) is 1. The molecule has 4 heteroatoms. The van der Waals surface area contributed by atoms with E-state index in [0.717, 1.165) is 12.0 Å². The van der Waals surface area contributed by atoms with Crippen LogP contribution in [-0.2, 0) is 14.3 Å². The minimum Gasteiger partial charge on any atom is -0.457 e. The molecule has 1 fully saturated rings. The van der Waals surface area contributed by atoms with Crippen molar-refractivity contribution < 1.29 is 14.3 Å². The highest BCUT2D eigenvalue weighted by Gasteiger charge is 2.46. The molecule has 80 valence electrons. The summed E-state index contributed by atoms with van der Waals surface area (Å²) in [7, 11) is 0.